The summed E-state index contributed by atoms with van der Waals surface area (Å²) < 4.78 is 12.0. The summed E-state index contributed by atoms with van der Waals surface area (Å²) in [7, 11) is 0. The molecule has 0 heterocycles. The lowest BCUT2D eigenvalue weighted by Crippen LogP contribution is -2.16. The molecular weight excluding hydrogens is 376 g/mol. The molecule has 0 saturated heterocycles. The first-order valence-electron chi connectivity index (χ1n) is 11.2. The second kappa shape index (κ2) is 13.6. The molecular formula is C26H34O4. The van der Waals surface area contributed by atoms with E-state index in [1.807, 2.05) is 12.1 Å². The fourth-order valence-electron chi connectivity index (χ4n) is 3.21. The minimum absolute atomic E-state index is 0.269. The standard InChI is InChI=1S/C26H34O4/c1-3-5-7-12-19-29-23-18-14-17-22(26(23)30-20-13-8-6-4-2)25(28)24(27)21-15-10-9-11-16-21/h9-11,14-18H,3-8,12-13,19-20H2,1-2H3. The smallest absolute Gasteiger partial charge is 0.237 e. The first-order chi connectivity index (χ1) is 14.7. The zero-order chi connectivity index (χ0) is 21.6. The van der Waals surface area contributed by atoms with Gasteiger partial charge in [0.25, 0.3) is 0 Å². The van der Waals surface area contributed by atoms with Crippen molar-refractivity contribution in [2.24, 2.45) is 0 Å². The summed E-state index contributed by atoms with van der Waals surface area (Å²) in [6.07, 6.45) is 8.66. The monoisotopic (exact) mass is 410 g/mol. The molecule has 0 atom stereocenters. The second-order valence-corrected chi connectivity index (χ2v) is 7.48. The van der Waals surface area contributed by atoms with E-state index in [4.69, 9.17) is 9.47 Å². The molecule has 2 aromatic carbocycles. The Morgan fingerprint density at radius 2 is 1.30 bits per heavy atom. The maximum Gasteiger partial charge on any atom is 0.237 e. The van der Waals surface area contributed by atoms with Crippen LogP contribution < -0.4 is 9.47 Å². The minimum atomic E-state index is -0.568. The summed E-state index contributed by atoms with van der Waals surface area (Å²) in [6, 6.07) is 13.8. The summed E-state index contributed by atoms with van der Waals surface area (Å²) in [6.45, 7) is 5.39. The van der Waals surface area contributed by atoms with Crippen molar-refractivity contribution in [2.75, 3.05) is 13.2 Å². The molecule has 0 spiro atoms. The number of Topliss-reactive ketones (excluding diaryl/α,β-unsaturated/α-hetero) is 2. The van der Waals surface area contributed by atoms with Crippen molar-refractivity contribution < 1.29 is 19.1 Å². The molecule has 2 rings (SSSR count). The topological polar surface area (TPSA) is 52.6 Å². The van der Waals surface area contributed by atoms with E-state index in [0.717, 1.165) is 44.9 Å². The van der Waals surface area contributed by atoms with Gasteiger partial charge in [0.15, 0.2) is 11.5 Å². The Morgan fingerprint density at radius 3 is 1.93 bits per heavy atom. The molecule has 0 aliphatic rings. The van der Waals surface area contributed by atoms with Crippen molar-refractivity contribution in [3.05, 3.63) is 59.7 Å². The lowest BCUT2D eigenvalue weighted by atomic mass is 10.0. The Labute approximate surface area is 180 Å². The van der Waals surface area contributed by atoms with Crippen molar-refractivity contribution in [3.63, 3.8) is 0 Å². The molecule has 0 amide bonds. The number of hydrogen-bond donors (Lipinski definition) is 0. The van der Waals surface area contributed by atoms with E-state index in [0.29, 0.717) is 30.3 Å². The number of benzene rings is 2. The van der Waals surface area contributed by atoms with Gasteiger partial charge in [0.05, 0.1) is 18.8 Å². The highest BCUT2D eigenvalue weighted by Gasteiger charge is 2.24. The zero-order valence-electron chi connectivity index (χ0n) is 18.3. The Morgan fingerprint density at radius 1 is 0.667 bits per heavy atom. The molecule has 0 radical (unpaired) electrons. The van der Waals surface area contributed by atoms with E-state index in [2.05, 4.69) is 13.8 Å². The van der Waals surface area contributed by atoms with Crippen LogP contribution in [0, 0.1) is 0 Å². The van der Waals surface area contributed by atoms with Gasteiger partial charge in [-0.2, -0.15) is 0 Å². The molecule has 0 aliphatic heterocycles. The van der Waals surface area contributed by atoms with Gasteiger partial charge in [-0.1, -0.05) is 88.8 Å². The van der Waals surface area contributed by atoms with Crippen LogP contribution in [-0.4, -0.2) is 24.8 Å². The molecule has 0 N–H and O–H groups in total. The third-order valence-electron chi connectivity index (χ3n) is 4.97. The molecule has 0 saturated carbocycles. The summed E-state index contributed by atoms with van der Waals surface area (Å²) >= 11 is 0. The zero-order valence-corrected chi connectivity index (χ0v) is 18.3. The molecule has 4 heteroatoms. The van der Waals surface area contributed by atoms with Crippen molar-refractivity contribution in [1.29, 1.82) is 0 Å². The number of carbonyl (C=O) groups excluding carboxylic acids is 2. The van der Waals surface area contributed by atoms with Crippen molar-refractivity contribution >= 4 is 11.6 Å². The highest BCUT2D eigenvalue weighted by atomic mass is 16.5. The second-order valence-electron chi connectivity index (χ2n) is 7.48. The molecule has 0 bridgehead atoms. The number of carbonyl (C=O) groups is 2. The highest BCUT2D eigenvalue weighted by molar-refractivity contribution is 6.49. The van der Waals surface area contributed by atoms with Crippen LogP contribution in [0.15, 0.2) is 48.5 Å². The Balaban J connectivity index is 2.18. The normalized spacial score (nSPS) is 10.6. The van der Waals surface area contributed by atoms with Gasteiger partial charge in [-0.15, -0.1) is 0 Å². The predicted molar refractivity (Wildman–Crippen MR) is 121 cm³/mol. The van der Waals surface area contributed by atoms with Gasteiger partial charge in [0.1, 0.15) is 0 Å². The molecule has 2 aromatic rings. The fourth-order valence-corrected chi connectivity index (χ4v) is 3.21. The van der Waals surface area contributed by atoms with Gasteiger partial charge in [-0.05, 0) is 25.0 Å². The fraction of sp³-hybridized carbons (Fsp3) is 0.462. The number of rotatable bonds is 15. The van der Waals surface area contributed by atoms with Crippen LogP contribution in [-0.2, 0) is 0 Å². The van der Waals surface area contributed by atoms with E-state index >= 15 is 0 Å². The van der Waals surface area contributed by atoms with Crippen molar-refractivity contribution in [3.8, 4) is 11.5 Å². The molecule has 30 heavy (non-hydrogen) atoms. The van der Waals surface area contributed by atoms with E-state index < -0.39 is 11.6 Å². The Kier molecular flexibility index (Phi) is 10.7. The average Bonchev–Trinajstić information content (AvgIpc) is 2.79. The molecule has 0 unspecified atom stereocenters. The Hall–Kier alpha value is -2.62. The van der Waals surface area contributed by atoms with Crippen LogP contribution in [0.5, 0.6) is 11.5 Å². The van der Waals surface area contributed by atoms with Crippen LogP contribution in [0.4, 0.5) is 0 Å². The summed E-state index contributed by atoms with van der Waals surface area (Å²) in [5.41, 5.74) is 0.646. The van der Waals surface area contributed by atoms with E-state index in [-0.39, 0.29) is 5.56 Å². The van der Waals surface area contributed by atoms with Gasteiger partial charge in [0, 0.05) is 5.56 Å². The minimum Gasteiger partial charge on any atom is -0.490 e. The van der Waals surface area contributed by atoms with Gasteiger partial charge < -0.3 is 9.47 Å². The van der Waals surface area contributed by atoms with Gasteiger partial charge in [-0.25, -0.2) is 0 Å². The maximum atomic E-state index is 13.0. The first kappa shape index (κ1) is 23.7. The van der Waals surface area contributed by atoms with Crippen LogP contribution in [0.3, 0.4) is 0 Å². The molecule has 162 valence electrons. The first-order valence-corrected chi connectivity index (χ1v) is 11.2. The molecule has 0 aliphatic carbocycles. The third kappa shape index (κ3) is 7.33. The summed E-state index contributed by atoms with van der Waals surface area (Å²) in [5.74, 6) is -0.180. The van der Waals surface area contributed by atoms with E-state index in [1.54, 1.807) is 36.4 Å². The predicted octanol–water partition coefficient (Wildman–Crippen LogP) is 6.67. The maximum absolute atomic E-state index is 13.0. The largest absolute Gasteiger partial charge is 0.490 e. The van der Waals surface area contributed by atoms with Crippen LogP contribution >= 0.6 is 0 Å². The summed E-state index contributed by atoms with van der Waals surface area (Å²) in [4.78, 5) is 25.7. The SMILES string of the molecule is CCCCCCOc1cccc(C(=O)C(=O)c2ccccc2)c1OCCCCCC. The van der Waals surface area contributed by atoms with Gasteiger partial charge in [-0.3, -0.25) is 9.59 Å². The van der Waals surface area contributed by atoms with Crippen molar-refractivity contribution in [1.82, 2.24) is 0 Å². The number of hydrogen-bond acceptors (Lipinski definition) is 4. The van der Waals surface area contributed by atoms with Crippen LogP contribution in [0.25, 0.3) is 0 Å². The third-order valence-corrected chi connectivity index (χ3v) is 4.97. The summed E-state index contributed by atoms with van der Waals surface area (Å²) in [5, 5.41) is 0. The van der Waals surface area contributed by atoms with Crippen LogP contribution in [0.1, 0.15) is 85.9 Å². The molecule has 0 aromatic heterocycles. The average molecular weight is 411 g/mol. The number of unbranched alkanes of at least 4 members (excludes halogenated alkanes) is 6. The van der Waals surface area contributed by atoms with Gasteiger partial charge in [0.2, 0.25) is 11.6 Å². The number of ketones is 2. The number of ether oxygens (including phenoxy) is 2. The molecule has 4 nitrogen and oxygen atoms in total. The van der Waals surface area contributed by atoms with Crippen molar-refractivity contribution in [2.45, 2.75) is 65.2 Å². The lowest BCUT2D eigenvalue weighted by Gasteiger charge is -2.16. The molecule has 0 fully saturated rings. The van der Waals surface area contributed by atoms with E-state index in [9.17, 15) is 9.59 Å². The highest BCUT2D eigenvalue weighted by Crippen LogP contribution is 2.33. The van der Waals surface area contributed by atoms with Crippen LogP contribution in [0.2, 0.25) is 0 Å². The van der Waals surface area contributed by atoms with E-state index in [1.165, 1.54) is 6.42 Å². The Bertz CT molecular complexity index is 783. The quantitative estimate of drug-likeness (QED) is 0.187. The lowest BCUT2D eigenvalue weighted by molar-refractivity contribution is 0.0814. The van der Waals surface area contributed by atoms with Gasteiger partial charge >= 0.3 is 0 Å². The number of para-hydroxylation sites is 1.